The van der Waals surface area contributed by atoms with Gasteiger partial charge in [0.05, 0.1) is 5.69 Å². The molecule has 130 valence electrons. The average molecular weight is 337 g/mol. The fourth-order valence-corrected chi connectivity index (χ4v) is 2.64. The Balaban J connectivity index is 1.47. The highest BCUT2D eigenvalue weighted by Gasteiger charge is 2.30. The minimum Gasteiger partial charge on any atom is -0.354 e. The van der Waals surface area contributed by atoms with Crippen LogP contribution >= 0.6 is 0 Å². The van der Waals surface area contributed by atoms with Gasteiger partial charge in [-0.3, -0.25) is 14.2 Å². The lowest BCUT2D eigenvalue weighted by Gasteiger charge is -2.08. The molecule has 24 heavy (non-hydrogen) atoms. The molecule has 3 rings (SSSR count). The lowest BCUT2D eigenvalue weighted by Crippen LogP contribution is -2.30. The van der Waals surface area contributed by atoms with E-state index in [1.165, 1.54) is 10.7 Å². The number of carbonyl (C=O) groups excluding carboxylic acids is 1. The summed E-state index contributed by atoms with van der Waals surface area (Å²) in [6.07, 6.45) is 1.99. The predicted molar refractivity (Wildman–Crippen MR) is 83.7 cm³/mol. The highest BCUT2D eigenvalue weighted by atomic mass is 19.3. The van der Waals surface area contributed by atoms with Crippen molar-refractivity contribution in [2.24, 2.45) is 0 Å². The van der Waals surface area contributed by atoms with Gasteiger partial charge in [-0.25, -0.2) is 8.78 Å². The molecule has 0 atom stereocenters. The molecule has 0 spiro atoms. The van der Waals surface area contributed by atoms with Crippen molar-refractivity contribution in [3.8, 4) is 0 Å². The van der Waals surface area contributed by atoms with Crippen LogP contribution < -0.4 is 5.32 Å². The molecule has 1 aliphatic carbocycles. The number of hydrogen-bond donors (Lipinski definition) is 1. The standard InChI is InChI=1S/C16H21F2N5O/c1-11-5-8-22(20-11)7-2-6-19-15(24)10-23-14(12-3-4-12)9-13(21-23)16(17)18/h5,8-9,12,16H,2-4,6-7,10H2,1H3,(H,19,24). The Morgan fingerprint density at radius 3 is 2.83 bits per heavy atom. The summed E-state index contributed by atoms with van der Waals surface area (Å²) in [6.45, 7) is 3.14. The summed E-state index contributed by atoms with van der Waals surface area (Å²) < 4.78 is 28.9. The fraction of sp³-hybridized carbons (Fsp3) is 0.562. The number of aryl methyl sites for hydroxylation is 2. The van der Waals surface area contributed by atoms with Crippen molar-refractivity contribution in [2.45, 2.75) is 51.6 Å². The summed E-state index contributed by atoms with van der Waals surface area (Å²) in [5.74, 6) is 0.0540. The number of carbonyl (C=O) groups is 1. The molecule has 8 heteroatoms. The lowest BCUT2D eigenvalue weighted by molar-refractivity contribution is -0.121. The van der Waals surface area contributed by atoms with Crippen molar-refractivity contribution in [3.05, 3.63) is 35.4 Å². The SMILES string of the molecule is Cc1ccn(CCCNC(=O)Cn2nc(C(F)F)cc2C2CC2)n1. The van der Waals surface area contributed by atoms with Gasteiger partial charge >= 0.3 is 0 Å². The third kappa shape index (κ3) is 4.18. The van der Waals surface area contributed by atoms with Crippen LogP contribution in [0.25, 0.3) is 0 Å². The third-order valence-corrected chi connectivity index (χ3v) is 4.00. The second kappa shape index (κ2) is 7.11. The first-order valence-electron chi connectivity index (χ1n) is 8.15. The zero-order chi connectivity index (χ0) is 17.1. The molecule has 6 nitrogen and oxygen atoms in total. The van der Waals surface area contributed by atoms with Gasteiger partial charge in [0.25, 0.3) is 6.43 Å². The maximum Gasteiger partial charge on any atom is 0.282 e. The second-order valence-electron chi connectivity index (χ2n) is 6.15. The third-order valence-electron chi connectivity index (χ3n) is 4.00. The molecule has 0 aromatic carbocycles. The van der Waals surface area contributed by atoms with E-state index in [9.17, 15) is 13.6 Å². The Morgan fingerprint density at radius 2 is 2.21 bits per heavy atom. The molecule has 1 amide bonds. The Morgan fingerprint density at radius 1 is 1.42 bits per heavy atom. The molecule has 1 saturated carbocycles. The molecule has 0 bridgehead atoms. The normalized spacial score (nSPS) is 14.3. The maximum absolute atomic E-state index is 12.8. The van der Waals surface area contributed by atoms with E-state index in [0.717, 1.165) is 37.2 Å². The van der Waals surface area contributed by atoms with E-state index in [4.69, 9.17) is 0 Å². The van der Waals surface area contributed by atoms with Gasteiger partial charge in [-0.15, -0.1) is 0 Å². The molecule has 0 unspecified atom stereocenters. The molecule has 1 fully saturated rings. The van der Waals surface area contributed by atoms with Crippen LogP contribution in [-0.4, -0.2) is 32.0 Å². The number of hydrogen-bond acceptors (Lipinski definition) is 3. The van der Waals surface area contributed by atoms with E-state index in [1.54, 1.807) is 0 Å². The van der Waals surface area contributed by atoms with Crippen LogP contribution in [0, 0.1) is 6.92 Å². The zero-order valence-corrected chi connectivity index (χ0v) is 13.6. The first-order chi connectivity index (χ1) is 11.5. The van der Waals surface area contributed by atoms with Gasteiger partial charge in [0.2, 0.25) is 5.91 Å². The van der Waals surface area contributed by atoms with Crippen molar-refractivity contribution < 1.29 is 13.6 Å². The second-order valence-corrected chi connectivity index (χ2v) is 6.15. The number of nitrogens with zero attached hydrogens (tertiary/aromatic N) is 4. The van der Waals surface area contributed by atoms with Crippen molar-refractivity contribution >= 4 is 5.91 Å². The molecule has 1 aliphatic rings. The lowest BCUT2D eigenvalue weighted by atomic mass is 10.2. The van der Waals surface area contributed by atoms with Gasteiger partial charge in [-0.05, 0) is 38.3 Å². The maximum atomic E-state index is 12.8. The minimum atomic E-state index is -2.61. The zero-order valence-electron chi connectivity index (χ0n) is 13.6. The molecule has 0 saturated heterocycles. The van der Waals surface area contributed by atoms with Crippen molar-refractivity contribution in [1.29, 1.82) is 0 Å². The van der Waals surface area contributed by atoms with Crippen LogP contribution in [-0.2, 0) is 17.9 Å². The molecule has 2 aromatic heterocycles. The largest absolute Gasteiger partial charge is 0.354 e. The first-order valence-corrected chi connectivity index (χ1v) is 8.15. The summed E-state index contributed by atoms with van der Waals surface area (Å²) in [6, 6.07) is 3.35. The molecule has 2 aromatic rings. The highest BCUT2D eigenvalue weighted by molar-refractivity contribution is 5.75. The van der Waals surface area contributed by atoms with Crippen molar-refractivity contribution in [3.63, 3.8) is 0 Å². The highest BCUT2D eigenvalue weighted by Crippen LogP contribution is 2.41. The summed E-state index contributed by atoms with van der Waals surface area (Å²) in [4.78, 5) is 12.0. The van der Waals surface area contributed by atoms with Gasteiger partial charge in [0.15, 0.2) is 0 Å². The van der Waals surface area contributed by atoms with Gasteiger partial charge in [0.1, 0.15) is 12.2 Å². The van der Waals surface area contributed by atoms with Crippen LogP contribution in [0.2, 0.25) is 0 Å². The van der Waals surface area contributed by atoms with Crippen LogP contribution in [0.5, 0.6) is 0 Å². The van der Waals surface area contributed by atoms with E-state index in [1.807, 2.05) is 23.9 Å². The first kappa shape index (κ1) is 16.6. The Labute approximate surface area is 138 Å². The van der Waals surface area contributed by atoms with Crippen molar-refractivity contribution in [1.82, 2.24) is 24.9 Å². The van der Waals surface area contributed by atoms with Crippen LogP contribution in [0.15, 0.2) is 18.3 Å². The minimum absolute atomic E-state index is 0.0145. The van der Waals surface area contributed by atoms with Gasteiger partial charge in [-0.2, -0.15) is 10.2 Å². The number of halogens is 2. The number of amides is 1. The van der Waals surface area contributed by atoms with Gasteiger partial charge in [0, 0.05) is 30.9 Å². The summed E-state index contributed by atoms with van der Waals surface area (Å²) in [5.41, 5.74) is 1.45. The number of rotatable bonds is 8. The monoisotopic (exact) mass is 337 g/mol. The number of alkyl halides is 2. The fourth-order valence-electron chi connectivity index (χ4n) is 2.64. The van der Waals surface area contributed by atoms with Gasteiger partial charge < -0.3 is 5.32 Å². The van der Waals surface area contributed by atoms with E-state index in [2.05, 4.69) is 15.5 Å². The van der Waals surface area contributed by atoms with Gasteiger partial charge in [-0.1, -0.05) is 0 Å². The quantitative estimate of drug-likeness (QED) is 0.752. The average Bonchev–Trinajstić information content (AvgIpc) is 3.16. The van der Waals surface area contributed by atoms with E-state index in [0.29, 0.717) is 6.54 Å². The molecule has 2 heterocycles. The summed E-state index contributed by atoms with van der Waals surface area (Å²) >= 11 is 0. The molecule has 1 N–H and O–H groups in total. The number of nitrogens with one attached hydrogen (secondary N) is 1. The Kier molecular flexibility index (Phi) is 4.92. The molecular weight excluding hydrogens is 316 g/mol. The predicted octanol–water partition coefficient (Wildman–Crippen LogP) is 2.41. The summed E-state index contributed by atoms with van der Waals surface area (Å²) in [5, 5.41) is 11.0. The molecule has 0 aliphatic heterocycles. The van der Waals surface area contributed by atoms with Crippen LogP contribution in [0.1, 0.15) is 48.7 Å². The smallest absolute Gasteiger partial charge is 0.282 e. The van der Waals surface area contributed by atoms with Crippen LogP contribution in [0.3, 0.4) is 0 Å². The van der Waals surface area contributed by atoms with E-state index < -0.39 is 6.43 Å². The van der Waals surface area contributed by atoms with Crippen molar-refractivity contribution in [2.75, 3.05) is 6.54 Å². The molecular formula is C16H21F2N5O. The topological polar surface area (TPSA) is 64.7 Å². The Bertz CT molecular complexity index is 705. The Hall–Kier alpha value is -2.25. The molecule has 0 radical (unpaired) electrons. The van der Waals surface area contributed by atoms with E-state index >= 15 is 0 Å². The van der Waals surface area contributed by atoms with Crippen LogP contribution in [0.4, 0.5) is 8.78 Å². The summed E-state index contributed by atoms with van der Waals surface area (Å²) in [7, 11) is 0. The van der Waals surface area contributed by atoms with E-state index in [-0.39, 0.29) is 24.1 Å². The number of aromatic nitrogens is 4.